The highest BCUT2D eigenvalue weighted by atomic mass is 16.5. The van der Waals surface area contributed by atoms with Crippen LogP contribution in [0.3, 0.4) is 0 Å². The van der Waals surface area contributed by atoms with Gasteiger partial charge in [-0.3, -0.25) is 9.80 Å². The van der Waals surface area contributed by atoms with Crippen LogP contribution in [-0.4, -0.2) is 67.3 Å². The molecule has 19 heavy (non-hydrogen) atoms. The molecule has 0 bridgehead atoms. The summed E-state index contributed by atoms with van der Waals surface area (Å²) in [6.07, 6.45) is 3.54. The molecule has 4 nitrogen and oxygen atoms in total. The Hall–Kier alpha value is -0.160. The smallest absolute Gasteiger partial charge is 0.0472 e. The summed E-state index contributed by atoms with van der Waals surface area (Å²) >= 11 is 0. The summed E-state index contributed by atoms with van der Waals surface area (Å²) in [5.74, 6) is 0. The number of piperazine rings is 1. The third-order valence-electron chi connectivity index (χ3n) is 5.82. The molecule has 0 aromatic rings. The molecule has 3 aliphatic rings. The highest BCUT2D eigenvalue weighted by Gasteiger charge is 2.55. The Bertz CT molecular complexity index is 307. The molecule has 4 heteroatoms. The molecule has 0 aromatic heterocycles. The lowest BCUT2D eigenvalue weighted by molar-refractivity contribution is -0.122. The first kappa shape index (κ1) is 13.8. The van der Waals surface area contributed by atoms with E-state index in [1.165, 1.54) is 45.4 Å². The number of hydrogen-bond donors (Lipinski definition) is 1. The molecule has 1 aliphatic carbocycles. The summed E-state index contributed by atoms with van der Waals surface area (Å²) in [5, 5.41) is 0. The van der Waals surface area contributed by atoms with Gasteiger partial charge in [-0.2, -0.15) is 0 Å². The first-order valence-corrected chi connectivity index (χ1v) is 7.95. The van der Waals surface area contributed by atoms with Gasteiger partial charge < -0.3 is 10.5 Å². The van der Waals surface area contributed by atoms with Gasteiger partial charge in [-0.25, -0.2) is 0 Å². The van der Waals surface area contributed by atoms with Crippen LogP contribution in [0, 0.1) is 5.41 Å². The maximum atomic E-state index is 6.37. The number of nitrogens with zero attached hydrogens (tertiary/aromatic N) is 2. The number of ether oxygens (including phenoxy) is 1. The Morgan fingerprint density at radius 3 is 2.26 bits per heavy atom. The normalized spacial score (nSPS) is 36.6. The Kier molecular flexibility index (Phi) is 3.87. The van der Waals surface area contributed by atoms with Gasteiger partial charge in [-0.15, -0.1) is 0 Å². The van der Waals surface area contributed by atoms with Gasteiger partial charge in [0.15, 0.2) is 0 Å². The highest BCUT2D eigenvalue weighted by Crippen LogP contribution is 2.50. The largest absolute Gasteiger partial charge is 0.381 e. The van der Waals surface area contributed by atoms with E-state index in [1.807, 2.05) is 0 Å². The number of hydrogen-bond acceptors (Lipinski definition) is 4. The van der Waals surface area contributed by atoms with Gasteiger partial charge >= 0.3 is 0 Å². The fourth-order valence-corrected chi connectivity index (χ4v) is 4.33. The molecule has 2 aliphatic heterocycles. The van der Waals surface area contributed by atoms with E-state index in [0.717, 1.165) is 19.3 Å². The second-order valence-electron chi connectivity index (χ2n) is 6.87. The maximum Gasteiger partial charge on any atom is 0.0472 e. The minimum Gasteiger partial charge on any atom is -0.381 e. The lowest BCUT2D eigenvalue weighted by atomic mass is 9.56. The Morgan fingerprint density at radius 2 is 1.74 bits per heavy atom. The number of nitrogens with two attached hydrogens (primary N) is 1. The fraction of sp³-hybridized carbons (Fsp3) is 1.00. The minimum atomic E-state index is 0.373. The summed E-state index contributed by atoms with van der Waals surface area (Å²) in [6, 6.07) is 1.81. The van der Waals surface area contributed by atoms with Gasteiger partial charge in [0.25, 0.3) is 0 Å². The lowest BCUT2D eigenvalue weighted by Gasteiger charge is -2.61. The Labute approximate surface area is 117 Å². The lowest BCUT2D eigenvalue weighted by Crippen LogP contribution is -2.70. The quantitative estimate of drug-likeness (QED) is 0.807. The van der Waals surface area contributed by atoms with Crippen molar-refractivity contribution in [3.05, 3.63) is 0 Å². The summed E-state index contributed by atoms with van der Waals surface area (Å²) in [6.45, 7) is 11.3. The summed E-state index contributed by atoms with van der Waals surface area (Å²) in [5.41, 5.74) is 6.74. The van der Waals surface area contributed by atoms with E-state index in [0.29, 0.717) is 17.5 Å². The average molecular weight is 267 g/mol. The first-order valence-electron chi connectivity index (χ1n) is 7.95. The van der Waals surface area contributed by atoms with Crippen molar-refractivity contribution in [1.29, 1.82) is 0 Å². The first-order chi connectivity index (χ1) is 9.13. The van der Waals surface area contributed by atoms with Crippen LogP contribution in [0.2, 0.25) is 0 Å². The van der Waals surface area contributed by atoms with Crippen molar-refractivity contribution in [3.63, 3.8) is 0 Å². The van der Waals surface area contributed by atoms with Crippen LogP contribution in [0.15, 0.2) is 0 Å². The molecule has 1 spiro atoms. The van der Waals surface area contributed by atoms with Crippen molar-refractivity contribution >= 4 is 0 Å². The molecular weight excluding hydrogens is 238 g/mol. The topological polar surface area (TPSA) is 41.7 Å². The fourth-order valence-electron chi connectivity index (χ4n) is 4.33. The Balaban J connectivity index is 1.61. The van der Waals surface area contributed by atoms with E-state index in [9.17, 15) is 0 Å². The second-order valence-corrected chi connectivity index (χ2v) is 6.87. The van der Waals surface area contributed by atoms with Crippen molar-refractivity contribution in [2.45, 2.75) is 51.2 Å². The van der Waals surface area contributed by atoms with E-state index in [1.54, 1.807) is 0 Å². The van der Waals surface area contributed by atoms with E-state index < -0.39 is 0 Å². The molecule has 2 saturated heterocycles. The zero-order valence-electron chi connectivity index (χ0n) is 12.5. The molecule has 2 heterocycles. The van der Waals surface area contributed by atoms with Crippen molar-refractivity contribution < 1.29 is 4.74 Å². The van der Waals surface area contributed by atoms with Crippen LogP contribution in [-0.2, 0) is 4.74 Å². The average Bonchev–Trinajstić information content (AvgIpc) is 2.45. The molecule has 0 amide bonds. The molecule has 2 N–H and O–H groups in total. The van der Waals surface area contributed by atoms with Crippen LogP contribution in [0.4, 0.5) is 0 Å². The predicted molar refractivity (Wildman–Crippen MR) is 77.1 cm³/mol. The zero-order valence-corrected chi connectivity index (χ0v) is 12.5. The van der Waals surface area contributed by atoms with E-state index in [4.69, 9.17) is 10.5 Å². The molecule has 2 unspecified atom stereocenters. The third-order valence-corrected chi connectivity index (χ3v) is 5.82. The second kappa shape index (κ2) is 5.32. The summed E-state index contributed by atoms with van der Waals surface area (Å²) in [7, 11) is 0. The van der Waals surface area contributed by atoms with Crippen LogP contribution in [0.25, 0.3) is 0 Å². The molecule has 0 aromatic carbocycles. The van der Waals surface area contributed by atoms with E-state index >= 15 is 0 Å². The molecule has 110 valence electrons. The van der Waals surface area contributed by atoms with E-state index in [-0.39, 0.29) is 0 Å². The summed E-state index contributed by atoms with van der Waals surface area (Å²) in [4.78, 5) is 5.30. The highest BCUT2D eigenvalue weighted by molar-refractivity contribution is 5.11. The standard InChI is InChI=1S/C15H29N3O/c1-12(2)17-5-7-18(8-6-17)14-11-13(16)15(14)3-9-19-10-4-15/h12-14H,3-11,16H2,1-2H3. The predicted octanol–water partition coefficient (Wildman–Crippen LogP) is 0.909. The van der Waals surface area contributed by atoms with Crippen molar-refractivity contribution in [1.82, 2.24) is 9.80 Å². The third kappa shape index (κ3) is 2.33. The maximum absolute atomic E-state index is 6.37. The molecule has 2 atom stereocenters. The van der Waals surface area contributed by atoms with Gasteiger partial charge in [0, 0.05) is 62.9 Å². The summed E-state index contributed by atoms with van der Waals surface area (Å²) < 4.78 is 5.55. The van der Waals surface area contributed by atoms with Crippen LogP contribution in [0.1, 0.15) is 33.1 Å². The molecule has 0 radical (unpaired) electrons. The van der Waals surface area contributed by atoms with E-state index in [2.05, 4.69) is 23.6 Å². The van der Waals surface area contributed by atoms with Gasteiger partial charge in [0.1, 0.15) is 0 Å². The molecule has 3 rings (SSSR count). The van der Waals surface area contributed by atoms with Gasteiger partial charge in [0.2, 0.25) is 0 Å². The van der Waals surface area contributed by atoms with Crippen LogP contribution < -0.4 is 5.73 Å². The van der Waals surface area contributed by atoms with Crippen molar-refractivity contribution in [3.8, 4) is 0 Å². The van der Waals surface area contributed by atoms with Crippen LogP contribution in [0.5, 0.6) is 0 Å². The van der Waals surface area contributed by atoms with Gasteiger partial charge in [0.05, 0.1) is 0 Å². The molecular formula is C15H29N3O. The van der Waals surface area contributed by atoms with Crippen molar-refractivity contribution in [2.24, 2.45) is 11.1 Å². The van der Waals surface area contributed by atoms with Gasteiger partial charge in [-0.1, -0.05) is 0 Å². The molecule has 1 saturated carbocycles. The van der Waals surface area contributed by atoms with Crippen molar-refractivity contribution in [2.75, 3.05) is 39.4 Å². The monoisotopic (exact) mass is 267 g/mol. The van der Waals surface area contributed by atoms with Crippen LogP contribution >= 0.6 is 0 Å². The zero-order chi connectivity index (χ0) is 13.5. The Morgan fingerprint density at radius 1 is 1.11 bits per heavy atom. The number of rotatable bonds is 2. The minimum absolute atomic E-state index is 0.373. The molecule has 3 fully saturated rings. The van der Waals surface area contributed by atoms with Gasteiger partial charge in [-0.05, 0) is 33.1 Å². The SMILES string of the molecule is CC(C)N1CCN(C2CC(N)C23CCOCC3)CC1.